The van der Waals surface area contributed by atoms with E-state index >= 15 is 0 Å². The van der Waals surface area contributed by atoms with Gasteiger partial charge in [-0.15, -0.1) is 0 Å². The molecule has 1 unspecified atom stereocenters. The zero-order valence-electron chi connectivity index (χ0n) is 12.1. The molecule has 1 fully saturated rings. The normalized spacial score (nSPS) is 19.3. The van der Waals surface area contributed by atoms with E-state index in [1.165, 1.54) is 0 Å². The topological polar surface area (TPSA) is 64.4 Å². The van der Waals surface area contributed by atoms with Crippen LogP contribution in [0.2, 0.25) is 0 Å². The van der Waals surface area contributed by atoms with Crippen molar-refractivity contribution in [3.63, 3.8) is 0 Å². The predicted octanol–water partition coefficient (Wildman–Crippen LogP) is 1.49. The van der Waals surface area contributed by atoms with Crippen LogP contribution in [0, 0.1) is 5.41 Å². The van der Waals surface area contributed by atoms with E-state index in [1.807, 2.05) is 30.3 Å². The van der Waals surface area contributed by atoms with E-state index in [-0.39, 0.29) is 11.3 Å². The Hall–Kier alpha value is -1.39. The van der Waals surface area contributed by atoms with Gasteiger partial charge in [-0.1, -0.05) is 37.3 Å². The van der Waals surface area contributed by atoms with Gasteiger partial charge in [0.05, 0.1) is 6.04 Å². The monoisotopic (exact) mass is 276 g/mol. The second-order valence-electron chi connectivity index (χ2n) is 5.94. The predicted molar refractivity (Wildman–Crippen MR) is 79.3 cm³/mol. The number of amides is 1. The van der Waals surface area contributed by atoms with Crippen molar-refractivity contribution in [1.82, 2.24) is 5.32 Å². The van der Waals surface area contributed by atoms with Crippen molar-refractivity contribution >= 4 is 5.91 Å². The standard InChI is InChI=1S/C16H24N2O2/c1-16(7-9-20-10-8-16)12-18-15(19)14(17)11-13-5-3-2-4-6-13/h2-6,14H,7-12,17H2,1H3,(H,18,19). The number of nitrogens with two attached hydrogens (primary N) is 1. The van der Waals surface area contributed by atoms with Gasteiger partial charge in [-0.25, -0.2) is 0 Å². The Kier molecular flexibility index (Phi) is 5.15. The number of nitrogens with one attached hydrogen (secondary N) is 1. The summed E-state index contributed by atoms with van der Waals surface area (Å²) in [4.78, 5) is 12.1. The zero-order valence-corrected chi connectivity index (χ0v) is 12.1. The van der Waals surface area contributed by atoms with E-state index in [9.17, 15) is 4.79 Å². The first-order valence-corrected chi connectivity index (χ1v) is 7.24. The lowest BCUT2D eigenvalue weighted by molar-refractivity contribution is -0.123. The molecule has 0 aliphatic carbocycles. The molecule has 1 atom stereocenters. The second-order valence-corrected chi connectivity index (χ2v) is 5.94. The maximum atomic E-state index is 12.1. The molecule has 0 aromatic heterocycles. The minimum absolute atomic E-state index is 0.0680. The molecular weight excluding hydrogens is 252 g/mol. The summed E-state index contributed by atoms with van der Waals surface area (Å²) in [5, 5.41) is 2.99. The van der Waals surface area contributed by atoms with Gasteiger partial charge in [0.25, 0.3) is 0 Å². The molecule has 1 amide bonds. The molecule has 3 N–H and O–H groups in total. The number of rotatable bonds is 5. The van der Waals surface area contributed by atoms with Crippen LogP contribution in [0.3, 0.4) is 0 Å². The number of hydrogen-bond acceptors (Lipinski definition) is 3. The van der Waals surface area contributed by atoms with Crippen molar-refractivity contribution in [3.05, 3.63) is 35.9 Å². The first-order chi connectivity index (χ1) is 9.59. The number of carbonyl (C=O) groups excluding carboxylic acids is 1. The van der Waals surface area contributed by atoms with Crippen molar-refractivity contribution in [1.29, 1.82) is 0 Å². The highest BCUT2D eigenvalue weighted by atomic mass is 16.5. The molecular formula is C16H24N2O2. The van der Waals surface area contributed by atoms with Crippen molar-refractivity contribution in [2.75, 3.05) is 19.8 Å². The van der Waals surface area contributed by atoms with E-state index in [1.54, 1.807) is 0 Å². The fraction of sp³-hybridized carbons (Fsp3) is 0.562. The molecule has 4 heteroatoms. The lowest BCUT2D eigenvalue weighted by Crippen LogP contribution is -2.46. The molecule has 1 heterocycles. The number of carbonyl (C=O) groups is 1. The van der Waals surface area contributed by atoms with Crippen LogP contribution in [0.25, 0.3) is 0 Å². The summed E-state index contributed by atoms with van der Waals surface area (Å²) >= 11 is 0. The minimum Gasteiger partial charge on any atom is -0.381 e. The van der Waals surface area contributed by atoms with Gasteiger partial charge in [0, 0.05) is 19.8 Å². The highest BCUT2D eigenvalue weighted by Gasteiger charge is 2.28. The summed E-state index contributed by atoms with van der Waals surface area (Å²) in [7, 11) is 0. The van der Waals surface area contributed by atoms with Gasteiger partial charge in [0.15, 0.2) is 0 Å². The number of ether oxygens (including phenoxy) is 1. The van der Waals surface area contributed by atoms with Crippen LogP contribution in [0.5, 0.6) is 0 Å². The highest BCUT2D eigenvalue weighted by molar-refractivity contribution is 5.81. The van der Waals surface area contributed by atoms with E-state index in [2.05, 4.69) is 12.2 Å². The van der Waals surface area contributed by atoms with E-state index in [0.29, 0.717) is 13.0 Å². The Morgan fingerprint density at radius 2 is 2.00 bits per heavy atom. The third-order valence-corrected chi connectivity index (χ3v) is 4.02. The number of hydrogen-bond donors (Lipinski definition) is 2. The van der Waals surface area contributed by atoms with Gasteiger partial charge in [-0.05, 0) is 30.2 Å². The van der Waals surface area contributed by atoms with Gasteiger partial charge in [0.1, 0.15) is 0 Å². The lowest BCUT2D eigenvalue weighted by atomic mass is 9.82. The maximum Gasteiger partial charge on any atom is 0.237 e. The molecule has 1 aromatic rings. The van der Waals surface area contributed by atoms with Crippen LogP contribution in [-0.4, -0.2) is 31.7 Å². The van der Waals surface area contributed by atoms with Crippen LogP contribution in [-0.2, 0) is 16.0 Å². The Morgan fingerprint density at radius 3 is 2.65 bits per heavy atom. The molecule has 20 heavy (non-hydrogen) atoms. The maximum absolute atomic E-state index is 12.1. The fourth-order valence-corrected chi connectivity index (χ4v) is 2.43. The minimum atomic E-state index is -0.485. The van der Waals surface area contributed by atoms with Crippen molar-refractivity contribution in [2.24, 2.45) is 11.1 Å². The van der Waals surface area contributed by atoms with Crippen molar-refractivity contribution in [2.45, 2.75) is 32.2 Å². The van der Waals surface area contributed by atoms with Gasteiger partial charge in [-0.2, -0.15) is 0 Å². The average Bonchev–Trinajstić information content (AvgIpc) is 2.46. The van der Waals surface area contributed by atoms with Crippen LogP contribution >= 0.6 is 0 Å². The second kappa shape index (κ2) is 6.86. The average molecular weight is 276 g/mol. The van der Waals surface area contributed by atoms with Crippen LogP contribution in [0.1, 0.15) is 25.3 Å². The smallest absolute Gasteiger partial charge is 0.237 e. The molecule has 0 radical (unpaired) electrons. The summed E-state index contributed by atoms with van der Waals surface area (Å²) in [5.74, 6) is -0.0680. The summed E-state index contributed by atoms with van der Waals surface area (Å²) in [6.07, 6.45) is 2.55. The SMILES string of the molecule is CC1(CNC(=O)C(N)Cc2ccccc2)CCOCC1. The third kappa shape index (κ3) is 4.32. The molecule has 0 bridgehead atoms. The Balaban J connectivity index is 1.79. The highest BCUT2D eigenvalue weighted by Crippen LogP contribution is 2.28. The molecule has 1 aromatic carbocycles. The Bertz CT molecular complexity index is 427. The Morgan fingerprint density at radius 1 is 1.35 bits per heavy atom. The van der Waals surface area contributed by atoms with E-state index in [4.69, 9.17) is 10.5 Å². The van der Waals surface area contributed by atoms with Crippen molar-refractivity contribution < 1.29 is 9.53 Å². The molecule has 1 saturated heterocycles. The molecule has 0 spiro atoms. The van der Waals surface area contributed by atoms with Gasteiger partial charge in [-0.3, -0.25) is 4.79 Å². The van der Waals surface area contributed by atoms with Crippen LogP contribution in [0.4, 0.5) is 0 Å². The fourth-order valence-electron chi connectivity index (χ4n) is 2.43. The zero-order chi connectivity index (χ0) is 14.4. The van der Waals surface area contributed by atoms with Crippen molar-refractivity contribution in [3.8, 4) is 0 Å². The molecule has 110 valence electrons. The van der Waals surface area contributed by atoms with Gasteiger partial charge >= 0.3 is 0 Å². The van der Waals surface area contributed by atoms with E-state index < -0.39 is 6.04 Å². The quantitative estimate of drug-likeness (QED) is 0.856. The first-order valence-electron chi connectivity index (χ1n) is 7.24. The summed E-state index contributed by atoms with van der Waals surface area (Å²) < 4.78 is 5.36. The summed E-state index contributed by atoms with van der Waals surface area (Å²) in [6, 6.07) is 9.38. The third-order valence-electron chi connectivity index (χ3n) is 4.02. The largest absolute Gasteiger partial charge is 0.381 e. The number of benzene rings is 1. The molecule has 2 rings (SSSR count). The Labute approximate surface area is 120 Å². The lowest BCUT2D eigenvalue weighted by Gasteiger charge is -2.33. The summed E-state index contributed by atoms with van der Waals surface area (Å²) in [6.45, 7) is 4.43. The first kappa shape index (κ1) is 15.0. The molecule has 1 aliphatic heterocycles. The summed E-state index contributed by atoms with van der Waals surface area (Å²) in [5.41, 5.74) is 7.20. The van der Waals surface area contributed by atoms with Gasteiger partial charge < -0.3 is 15.8 Å². The molecule has 4 nitrogen and oxygen atoms in total. The van der Waals surface area contributed by atoms with Gasteiger partial charge in [0.2, 0.25) is 5.91 Å². The van der Waals surface area contributed by atoms with E-state index in [0.717, 1.165) is 31.6 Å². The molecule has 1 aliphatic rings. The molecule has 0 saturated carbocycles. The van der Waals surface area contributed by atoms with Crippen LogP contribution in [0.15, 0.2) is 30.3 Å². The van der Waals surface area contributed by atoms with Crippen LogP contribution < -0.4 is 11.1 Å².